The van der Waals surface area contributed by atoms with Gasteiger partial charge in [-0.05, 0) is 24.6 Å². The fourth-order valence-electron chi connectivity index (χ4n) is 1.05. The Balaban J connectivity index is 2.53. The van der Waals surface area contributed by atoms with Crippen molar-refractivity contribution in [2.75, 3.05) is 0 Å². The molecule has 0 saturated heterocycles. The third-order valence-electron chi connectivity index (χ3n) is 1.78. The molecule has 1 heterocycles. The van der Waals surface area contributed by atoms with Crippen LogP contribution in [0.4, 0.5) is 5.69 Å². The van der Waals surface area contributed by atoms with Crippen LogP contribution in [0, 0.1) is 6.92 Å². The topological polar surface area (TPSA) is 12.4 Å². The second-order valence-corrected chi connectivity index (χ2v) is 5.30. The molecule has 0 aliphatic carbocycles. The number of hydrogen-bond acceptors (Lipinski definition) is 3. The van der Waals surface area contributed by atoms with Crippen molar-refractivity contribution in [1.29, 1.82) is 0 Å². The summed E-state index contributed by atoms with van der Waals surface area (Å²) in [6, 6.07) is 5.76. The van der Waals surface area contributed by atoms with Crippen molar-refractivity contribution in [3.8, 4) is 0 Å². The van der Waals surface area contributed by atoms with Crippen molar-refractivity contribution in [3.63, 3.8) is 0 Å². The van der Waals surface area contributed by atoms with E-state index in [9.17, 15) is 0 Å². The van der Waals surface area contributed by atoms with Gasteiger partial charge in [-0.1, -0.05) is 17.7 Å². The van der Waals surface area contributed by atoms with E-state index in [1.165, 1.54) is 0 Å². The van der Waals surface area contributed by atoms with Crippen molar-refractivity contribution in [2.45, 2.75) is 6.92 Å². The highest BCUT2D eigenvalue weighted by atomic mass is 35.5. The van der Waals surface area contributed by atoms with E-state index in [4.69, 9.17) is 11.6 Å². The average Bonchev–Trinajstić information content (AvgIpc) is 2.64. The zero-order valence-corrected chi connectivity index (χ0v) is 9.92. The molecule has 1 aromatic heterocycles. The van der Waals surface area contributed by atoms with Gasteiger partial charge in [0, 0.05) is 15.8 Å². The Kier molecular flexibility index (Phi) is 3.01. The Morgan fingerprint density at radius 1 is 1.21 bits per heavy atom. The molecule has 2 rings (SSSR count). The predicted octanol–water partition coefficient (Wildman–Crippen LogP) is 4.00. The van der Waals surface area contributed by atoms with E-state index >= 15 is 0 Å². The van der Waals surface area contributed by atoms with Gasteiger partial charge in [0.15, 0.2) is 3.98 Å². The fraction of sp³-hybridized carbons (Fsp3) is 0.100. The molecule has 1 nitrogen and oxygen atoms in total. The first-order chi connectivity index (χ1) is 6.75. The van der Waals surface area contributed by atoms with Gasteiger partial charge in [0.1, 0.15) is 0 Å². The van der Waals surface area contributed by atoms with Crippen LogP contribution in [0.25, 0.3) is 0 Å². The minimum atomic E-state index is 0.732. The molecule has 4 heteroatoms. The predicted molar refractivity (Wildman–Crippen MR) is 63.6 cm³/mol. The summed E-state index contributed by atoms with van der Waals surface area (Å²) in [5.41, 5.74) is 2.10. The molecule has 0 spiro atoms. The van der Waals surface area contributed by atoms with E-state index in [0.29, 0.717) is 0 Å². The normalized spacial score (nSPS) is 10.1. The standard InChI is InChI=1S/C10H8ClNS2/c1-7-2-3-8(11)6-9(7)12-10-13-4-5-14-10/h2-6H,1H3. The number of hydrogen-bond donors (Lipinski definition) is 0. The van der Waals surface area contributed by atoms with E-state index in [1.54, 1.807) is 22.7 Å². The van der Waals surface area contributed by atoms with Gasteiger partial charge in [0.25, 0.3) is 0 Å². The van der Waals surface area contributed by atoms with Gasteiger partial charge in [-0.3, -0.25) is 0 Å². The largest absolute Gasteiger partial charge is 0.227 e. The Hall–Kier alpha value is -0.640. The molecule has 2 aromatic rings. The average molecular weight is 242 g/mol. The van der Waals surface area contributed by atoms with Gasteiger partial charge >= 0.3 is 0 Å². The molecule has 14 heavy (non-hydrogen) atoms. The summed E-state index contributed by atoms with van der Waals surface area (Å²) in [6.45, 7) is 2.04. The van der Waals surface area contributed by atoms with E-state index in [2.05, 4.69) is 4.99 Å². The highest BCUT2D eigenvalue weighted by molar-refractivity contribution is 7.24. The SMILES string of the molecule is Cc1ccc(Cl)cc1N=c1sccs1. The van der Waals surface area contributed by atoms with Crippen LogP contribution in [-0.2, 0) is 0 Å². The summed E-state index contributed by atoms with van der Waals surface area (Å²) in [5, 5.41) is 4.79. The zero-order chi connectivity index (χ0) is 9.97. The number of nitrogens with zero attached hydrogens (tertiary/aromatic N) is 1. The van der Waals surface area contributed by atoms with Crippen LogP contribution < -0.4 is 3.98 Å². The summed E-state index contributed by atoms with van der Waals surface area (Å²) in [6.07, 6.45) is 0. The Labute approximate surface area is 95.3 Å². The highest BCUT2D eigenvalue weighted by Crippen LogP contribution is 2.22. The number of rotatable bonds is 1. The molecular formula is C10H8ClNS2. The lowest BCUT2D eigenvalue weighted by atomic mass is 10.2. The summed E-state index contributed by atoms with van der Waals surface area (Å²) in [7, 11) is 0. The second kappa shape index (κ2) is 4.26. The molecule has 0 saturated carbocycles. The first-order valence-corrected chi connectivity index (χ1v) is 6.22. The van der Waals surface area contributed by atoms with E-state index < -0.39 is 0 Å². The molecule has 0 amide bonds. The third kappa shape index (κ3) is 2.23. The van der Waals surface area contributed by atoms with Crippen LogP contribution in [0.15, 0.2) is 34.0 Å². The van der Waals surface area contributed by atoms with Crippen LogP contribution in [-0.4, -0.2) is 0 Å². The number of halogens is 1. The summed E-state index contributed by atoms with van der Waals surface area (Å²) < 4.78 is 1.05. The Morgan fingerprint density at radius 3 is 2.64 bits per heavy atom. The molecule has 0 N–H and O–H groups in total. The van der Waals surface area contributed by atoms with Crippen molar-refractivity contribution in [3.05, 3.63) is 43.5 Å². The van der Waals surface area contributed by atoms with Gasteiger partial charge < -0.3 is 0 Å². The maximum Gasteiger partial charge on any atom is 0.170 e. The molecule has 0 fully saturated rings. The van der Waals surface area contributed by atoms with Crippen molar-refractivity contribution >= 4 is 40.0 Å². The quantitative estimate of drug-likeness (QED) is 0.716. The summed E-state index contributed by atoms with van der Waals surface area (Å²) in [5.74, 6) is 0. The van der Waals surface area contributed by atoms with Crippen LogP contribution in [0.5, 0.6) is 0 Å². The molecule has 0 bridgehead atoms. The number of aryl methyl sites for hydroxylation is 1. The molecule has 0 unspecified atom stereocenters. The van der Waals surface area contributed by atoms with Gasteiger partial charge in [-0.2, -0.15) is 0 Å². The molecule has 72 valence electrons. The fourth-order valence-corrected chi connectivity index (χ4v) is 2.76. The van der Waals surface area contributed by atoms with E-state index in [1.807, 2.05) is 35.9 Å². The van der Waals surface area contributed by atoms with E-state index in [-0.39, 0.29) is 0 Å². The summed E-state index contributed by atoms with van der Waals surface area (Å²) in [4.78, 5) is 4.51. The third-order valence-corrected chi connectivity index (χ3v) is 3.89. The van der Waals surface area contributed by atoms with Gasteiger partial charge in [0.05, 0.1) is 5.69 Å². The van der Waals surface area contributed by atoms with Crippen LogP contribution >= 0.6 is 34.3 Å². The molecular weight excluding hydrogens is 234 g/mol. The van der Waals surface area contributed by atoms with Crippen LogP contribution in [0.2, 0.25) is 5.02 Å². The lowest BCUT2D eigenvalue weighted by Gasteiger charge is -1.98. The number of benzene rings is 1. The van der Waals surface area contributed by atoms with E-state index in [0.717, 1.165) is 20.3 Å². The maximum absolute atomic E-state index is 5.90. The highest BCUT2D eigenvalue weighted by Gasteiger charge is 1.97. The lowest BCUT2D eigenvalue weighted by molar-refractivity contribution is 1.36. The first kappa shape index (κ1) is 9.90. The van der Waals surface area contributed by atoms with Gasteiger partial charge in [-0.25, -0.2) is 4.99 Å². The molecule has 0 radical (unpaired) electrons. The van der Waals surface area contributed by atoms with Crippen LogP contribution in [0.3, 0.4) is 0 Å². The van der Waals surface area contributed by atoms with Gasteiger partial charge in [-0.15, -0.1) is 22.7 Å². The van der Waals surface area contributed by atoms with Crippen LogP contribution in [0.1, 0.15) is 5.56 Å². The monoisotopic (exact) mass is 241 g/mol. The molecule has 0 aliphatic heterocycles. The van der Waals surface area contributed by atoms with Crippen molar-refractivity contribution < 1.29 is 0 Å². The summed E-state index contributed by atoms with van der Waals surface area (Å²) >= 11 is 9.19. The zero-order valence-electron chi connectivity index (χ0n) is 7.53. The minimum Gasteiger partial charge on any atom is -0.227 e. The molecule has 1 aromatic carbocycles. The Bertz CT molecular complexity index is 482. The first-order valence-electron chi connectivity index (χ1n) is 4.09. The Morgan fingerprint density at radius 2 is 1.93 bits per heavy atom. The van der Waals surface area contributed by atoms with Crippen molar-refractivity contribution in [2.24, 2.45) is 4.99 Å². The maximum atomic E-state index is 5.90. The second-order valence-electron chi connectivity index (χ2n) is 2.82. The minimum absolute atomic E-state index is 0.732. The smallest absolute Gasteiger partial charge is 0.170 e. The molecule has 0 aliphatic rings. The molecule has 0 atom stereocenters. The van der Waals surface area contributed by atoms with Crippen molar-refractivity contribution in [1.82, 2.24) is 0 Å². The van der Waals surface area contributed by atoms with Gasteiger partial charge in [0.2, 0.25) is 0 Å². The lowest BCUT2D eigenvalue weighted by Crippen LogP contribution is -1.85.